The Labute approximate surface area is 264 Å². The summed E-state index contributed by atoms with van der Waals surface area (Å²) >= 11 is 0. The number of hydrogen-bond acceptors (Lipinski definition) is 17. The second kappa shape index (κ2) is 15.9. The minimum atomic E-state index is -1.74. The van der Waals surface area contributed by atoms with E-state index >= 15 is 0 Å². The number of nitro benzene ring substituents is 2. The van der Waals surface area contributed by atoms with Crippen molar-refractivity contribution in [2.75, 3.05) is 6.61 Å². The molecule has 1 heterocycles. The summed E-state index contributed by atoms with van der Waals surface area (Å²) < 4.78 is 42.3. The number of esters is 4. The van der Waals surface area contributed by atoms with Crippen LogP contribution in [0.3, 0.4) is 0 Å². The molecule has 0 radical (unpaired) electrons. The quantitative estimate of drug-likeness (QED) is 0.104. The number of ether oxygens (including phenoxy) is 8. The lowest BCUT2D eigenvalue weighted by Crippen LogP contribution is -2.63. The Kier molecular flexibility index (Phi) is 12.1. The van der Waals surface area contributed by atoms with Crippen molar-refractivity contribution in [2.45, 2.75) is 65.0 Å². The molecule has 1 aliphatic heterocycles. The number of carbonyl (C=O) groups excluding carboxylic acids is 5. The van der Waals surface area contributed by atoms with Crippen LogP contribution in [0.5, 0.6) is 11.5 Å². The number of hydrogen-bond donors (Lipinski definition) is 0. The Morgan fingerprint density at radius 1 is 0.745 bits per heavy atom. The predicted molar refractivity (Wildman–Crippen MR) is 150 cm³/mol. The van der Waals surface area contributed by atoms with Gasteiger partial charge in [-0.15, -0.1) is 0 Å². The van der Waals surface area contributed by atoms with Crippen LogP contribution in [0, 0.1) is 20.2 Å². The summed E-state index contributed by atoms with van der Waals surface area (Å²) in [5.41, 5.74) is -0.793. The fourth-order valence-electron chi connectivity index (χ4n) is 4.21. The molecule has 0 bridgehead atoms. The molecule has 0 saturated carbocycles. The molecule has 2 aromatic rings. The number of rotatable bonds is 12. The second-order valence-electron chi connectivity index (χ2n) is 9.64. The molecule has 0 aromatic heterocycles. The molecule has 3 rings (SSSR count). The van der Waals surface area contributed by atoms with Crippen LogP contribution in [-0.4, -0.2) is 77.2 Å². The zero-order valence-electron chi connectivity index (χ0n) is 25.2. The van der Waals surface area contributed by atoms with Crippen molar-refractivity contribution in [3.63, 3.8) is 0 Å². The molecule has 19 heteroatoms. The first-order valence-corrected chi connectivity index (χ1v) is 13.5. The Balaban J connectivity index is 1.86. The van der Waals surface area contributed by atoms with E-state index < -0.39 is 95.2 Å². The molecule has 0 unspecified atom stereocenters. The van der Waals surface area contributed by atoms with Crippen LogP contribution in [0.2, 0.25) is 0 Å². The Morgan fingerprint density at radius 2 is 1.34 bits per heavy atom. The fraction of sp³-hybridized carbons (Fsp3) is 0.393. The van der Waals surface area contributed by atoms with Gasteiger partial charge in [0.2, 0.25) is 12.4 Å². The van der Waals surface area contributed by atoms with Gasteiger partial charge in [-0.2, -0.15) is 0 Å². The normalized spacial score (nSPS) is 20.1. The summed E-state index contributed by atoms with van der Waals surface area (Å²) in [5.74, 6) is -3.89. The third-order valence-corrected chi connectivity index (χ3v) is 6.02. The molecule has 1 aliphatic rings. The summed E-state index contributed by atoms with van der Waals surface area (Å²) in [4.78, 5) is 80.9. The predicted octanol–water partition coefficient (Wildman–Crippen LogP) is 2.68. The van der Waals surface area contributed by atoms with Gasteiger partial charge in [-0.1, -0.05) is 6.07 Å². The van der Waals surface area contributed by atoms with Crippen LogP contribution in [0.1, 0.15) is 33.3 Å². The number of nitro groups is 2. The fourth-order valence-corrected chi connectivity index (χ4v) is 4.21. The van der Waals surface area contributed by atoms with Gasteiger partial charge >= 0.3 is 35.7 Å². The molecule has 47 heavy (non-hydrogen) atoms. The van der Waals surface area contributed by atoms with Crippen molar-refractivity contribution >= 4 is 41.4 Å². The van der Waals surface area contributed by atoms with E-state index in [2.05, 4.69) is 0 Å². The maximum Gasteiger partial charge on any atom is 0.514 e. The minimum absolute atomic E-state index is 0.0554. The first-order valence-electron chi connectivity index (χ1n) is 13.5. The van der Waals surface area contributed by atoms with Gasteiger partial charge in [-0.25, -0.2) is 4.79 Å². The molecule has 1 saturated heterocycles. The van der Waals surface area contributed by atoms with E-state index in [4.69, 9.17) is 37.9 Å². The van der Waals surface area contributed by atoms with Gasteiger partial charge in [-0.3, -0.25) is 39.4 Å². The highest BCUT2D eigenvalue weighted by Gasteiger charge is 2.53. The number of nitrogens with zero attached hydrogens (tertiary/aromatic N) is 2. The summed E-state index contributed by atoms with van der Waals surface area (Å²) in [6.45, 7) is 3.11. The zero-order chi connectivity index (χ0) is 34.8. The van der Waals surface area contributed by atoms with E-state index in [9.17, 15) is 44.2 Å². The van der Waals surface area contributed by atoms with Gasteiger partial charge in [0.25, 0.3) is 5.69 Å². The summed E-state index contributed by atoms with van der Waals surface area (Å²) in [5, 5.41) is 22.8. The number of benzene rings is 2. The molecule has 5 atom stereocenters. The lowest BCUT2D eigenvalue weighted by Gasteiger charge is -2.43. The highest BCUT2D eigenvalue weighted by atomic mass is 16.7. The Hall–Kier alpha value is -5.85. The molecule has 252 valence electrons. The monoisotopic (exact) mass is 664 g/mol. The van der Waals surface area contributed by atoms with Gasteiger partial charge in [0.15, 0.2) is 18.0 Å². The van der Waals surface area contributed by atoms with E-state index in [1.807, 2.05) is 0 Å². The molecule has 2 aromatic carbocycles. The van der Waals surface area contributed by atoms with E-state index in [0.29, 0.717) is 0 Å². The molecular weight excluding hydrogens is 636 g/mol. The third kappa shape index (κ3) is 10.3. The van der Waals surface area contributed by atoms with Gasteiger partial charge in [0, 0.05) is 45.9 Å². The first-order chi connectivity index (χ1) is 22.1. The number of non-ortho nitro benzene ring substituents is 1. The van der Waals surface area contributed by atoms with Crippen LogP contribution >= 0.6 is 0 Å². The largest absolute Gasteiger partial charge is 0.514 e. The van der Waals surface area contributed by atoms with Crippen molar-refractivity contribution in [3.05, 3.63) is 68.3 Å². The van der Waals surface area contributed by atoms with Crippen LogP contribution in [-0.2, 0) is 54.2 Å². The molecule has 0 N–H and O–H groups in total. The van der Waals surface area contributed by atoms with E-state index in [1.54, 1.807) is 0 Å². The maximum absolute atomic E-state index is 12.1. The van der Waals surface area contributed by atoms with Crippen LogP contribution in [0.15, 0.2) is 42.5 Å². The molecule has 1 fully saturated rings. The lowest BCUT2D eigenvalue weighted by molar-refractivity contribution is -0.387. The van der Waals surface area contributed by atoms with Crippen molar-refractivity contribution < 1.29 is 71.7 Å². The number of carbonyl (C=O) groups is 5. The summed E-state index contributed by atoms with van der Waals surface area (Å²) in [6, 6.07) is 7.96. The molecule has 19 nitrogen and oxygen atoms in total. The zero-order valence-corrected chi connectivity index (χ0v) is 25.2. The summed E-state index contributed by atoms with van der Waals surface area (Å²) in [6.07, 6.45) is -9.01. The van der Waals surface area contributed by atoms with Gasteiger partial charge in [-0.05, 0) is 23.8 Å². The van der Waals surface area contributed by atoms with Crippen LogP contribution in [0.4, 0.5) is 16.2 Å². The van der Waals surface area contributed by atoms with Gasteiger partial charge < -0.3 is 37.9 Å². The lowest BCUT2D eigenvalue weighted by atomic mass is 9.98. The molecule has 0 spiro atoms. The van der Waals surface area contributed by atoms with Crippen molar-refractivity contribution in [1.29, 1.82) is 0 Å². The highest BCUT2D eigenvalue weighted by Crippen LogP contribution is 2.35. The Morgan fingerprint density at radius 3 is 1.89 bits per heavy atom. The van der Waals surface area contributed by atoms with Crippen molar-refractivity contribution in [2.24, 2.45) is 0 Å². The van der Waals surface area contributed by atoms with Crippen LogP contribution < -0.4 is 9.47 Å². The third-order valence-electron chi connectivity index (χ3n) is 6.02. The average Bonchev–Trinajstić information content (AvgIpc) is 2.98. The average molecular weight is 665 g/mol. The van der Waals surface area contributed by atoms with Crippen molar-refractivity contribution in [3.8, 4) is 11.5 Å². The van der Waals surface area contributed by atoms with Crippen molar-refractivity contribution in [1.82, 2.24) is 0 Å². The van der Waals surface area contributed by atoms with Gasteiger partial charge in [0.1, 0.15) is 25.1 Å². The standard InChI is InChI=1S/C28H28N2O17/c1-14(31)40-13-23-24(42-15(2)32)25(43-16(3)33)26(44-17(4)34)27(47-23)46-22-10-5-18(11-21(22)30(38)39)12-41-28(35)45-20-8-6-19(7-9-20)29(36)37/h5-11,23-27H,12-13H2,1-4H3/t23-,24-,25+,26+,27+/m1/s1. The van der Waals surface area contributed by atoms with Gasteiger partial charge in [0.05, 0.1) is 9.85 Å². The molecular formula is C28H28N2O17. The SMILES string of the molecule is CC(=O)OC[C@H]1O[C@H](Oc2ccc(COC(=O)Oc3ccc([N+](=O)[O-])cc3)cc2[N+](=O)[O-])[C@@H](OC(C)=O)[C@@H](OC(C)=O)[C@@H]1OC(C)=O. The highest BCUT2D eigenvalue weighted by molar-refractivity contribution is 5.69. The molecule has 0 aliphatic carbocycles. The first kappa shape index (κ1) is 35.6. The van der Waals surface area contributed by atoms with E-state index in [-0.39, 0.29) is 17.0 Å². The van der Waals surface area contributed by atoms with Crippen LogP contribution in [0.25, 0.3) is 0 Å². The summed E-state index contributed by atoms with van der Waals surface area (Å²) in [7, 11) is 0. The smallest absolute Gasteiger partial charge is 0.463 e. The topological polar surface area (TPSA) is 245 Å². The molecule has 0 amide bonds. The van der Waals surface area contributed by atoms with E-state index in [0.717, 1.165) is 52.0 Å². The van der Waals surface area contributed by atoms with E-state index in [1.165, 1.54) is 18.2 Å². The Bertz CT molecular complexity index is 1530. The minimum Gasteiger partial charge on any atom is -0.463 e. The second-order valence-corrected chi connectivity index (χ2v) is 9.64. The maximum atomic E-state index is 12.1.